The minimum Gasteiger partial charge on any atom is -0.319 e. The Morgan fingerprint density at radius 3 is 2.46 bits per heavy atom. The van der Waals surface area contributed by atoms with Gasteiger partial charge in [0.05, 0.1) is 4.95 Å². The van der Waals surface area contributed by atoms with Crippen LogP contribution in [-0.2, 0) is 6.42 Å². The second-order valence-electron chi connectivity index (χ2n) is 2.43. The summed E-state index contributed by atoms with van der Waals surface area (Å²) in [4.78, 5) is 0.0168. The third-order valence-electron chi connectivity index (χ3n) is 1.45. The fourth-order valence-electron chi connectivity index (χ4n) is 0.916. The molecule has 0 amide bonds. The van der Waals surface area contributed by atoms with Crippen molar-refractivity contribution in [1.29, 1.82) is 0 Å². The van der Waals surface area contributed by atoms with Crippen LogP contribution < -0.4 is 5.73 Å². The van der Waals surface area contributed by atoms with E-state index in [0.29, 0.717) is 0 Å². The normalized spacial score (nSPS) is 12.0. The molecular weight excluding hydrogens is 477 g/mol. The molecule has 1 rings (SSSR count). The Hall–Kier alpha value is 1.35. The first-order valence-electron chi connectivity index (χ1n) is 3.44. The number of nitrogens with two attached hydrogens (primary N) is 1. The molecule has 0 aromatic heterocycles. The maximum Gasteiger partial charge on any atom is 0.0646 e. The zero-order chi connectivity index (χ0) is 9.14. The minimum absolute atomic E-state index is 0. The molecule has 0 spiro atoms. The van der Waals surface area contributed by atoms with Crippen LogP contribution in [0.25, 0.3) is 0 Å². The van der Waals surface area contributed by atoms with Gasteiger partial charge in [-0.05, 0) is 49.9 Å². The molecule has 0 radical (unpaired) electrons. The van der Waals surface area contributed by atoms with E-state index in [1.807, 2.05) is 12.1 Å². The van der Waals surface area contributed by atoms with Crippen molar-refractivity contribution in [3.63, 3.8) is 0 Å². The number of hydrogen-bond acceptors (Lipinski definition) is 1. The molecule has 74 valence electrons. The lowest BCUT2D eigenvalue weighted by molar-refractivity contribution is 0.913. The van der Waals surface area contributed by atoms with Gasteiger partial charge in [0.25, 0.3) is 0 Å². The summed E-state index contributed by atoms with van der Waals surface area (Å²) >= 11 is 10.2. The van der Waals surface area contributed by atoms with Crippen molar-refractivity contribution in [1.82, 2.24) is 0 Å². The van der Waals surface area contributed by atoms with Crippen molar-refractivity contribution in [3.05, 3.63) is 32.7 Å². The number of halogens is 4. The highest BCUT2D eigenvalue weighted by molar-refractivity contribution is 14.0. The van der Waals surface area contributed by atoms with Crippen molar-refractivity contribution in [3.8, 4) is 0 Å². The van der Waals surface area contributed by atoms with Gasteiger partial charge in [-0.15, -0.1) is 24.0 Å². The summed E-state index contributed by atoms with van der Waals surface area (Å²) in [7, 11) is 0. The summed E-state index contributed by atoms with van der Waals surface area (Å²) in [6, 6.07) is 6.04. The molecule has 2 N–H and O–H groups in total. The standard InChI is InChI=1S/C8H8Br3N.HI/c9-6-3-1-2-5(8(6)11)4-7(10)12;/h1-3,7H,4,12H2;1H. The molecule has 1 aromatic rings. The molecule has 0 fully saturated rings. The quantitative estimate of drug-likeness (QED) is 0.382. The van der Waals surface area contributed by atoms with Gasteiger partial charge in [-0.1, -0.05) is 28.1 Å². The third kappa shape index (κ3) is 4.59. The van der Waals surface area contributed by atoms with E-state index >= 15 is 0 Å². The van der Waals surface area contributed by atoms with Gasteiger partial charge in [0.1, 0.15) is 0 Å². The highest BCUT2D eigenvalue weighted by Gasteiger charge is 2.05. The Balaban J connectivity index is 0.00000144. The smallest absolute Gasteiger partial charge is 0.0646 e. The van der Waals surface area contributed by atoms with Gasteiger partial charge >= 0.3 is 0 Å². The lowest BCUT2D eigenvalue weighted by atomic mass is 10.2. The van der Waals surface area contributed by atoms with Crippen LogP contribution in [-0.4, -0.2) is 4.95 Å². The molecule has 0 saturated carbocycles. The Morgan fingerprint density at radius 2 is 1.92 bits per heavy atom. The Morgan fingerprint density at radius 1 is 1.31 bits per heavy atom. The summed E-state index contributed by atoms with van der Waals surface area (Å²) < 4.78 is 2.15. The van der Waals surface area contributed by atoms with Crippen molar-refractivity contribution in [2.75, 3.05) is 0 Å². The van der Waals surface area contributed by atoms with E-state index in [2.05, 4.69) is 53.9 Å². The maximum absolute atomic E-state index is 5.62. The average molecular weight is 486 g/mol. The third-order valence-corrected chi connectivity index (χ3v) is 3.90. The number of benzene rings is 1. The second kappa shape index (κ2) is 6.76. The van der Waals surface area contributed by atoms with Gasteiger partial charge in [0.2, 0.25) is 0 Å². The van der Waals surface area contributed by atoms with E-state index in [-0.39, 0.29) is 28.9 Å². The van der Waals surface area contributed by atoms with E-state index in [1.54, 1.807) is 0 Å². The van der Waals surface area contributed by atoms with Crippen LogP contribution in [0.1, 0.15) is 5.56 Å². The maximum atomic E-state index is 5.62. The molecular formula is C8H9Br3IN. The van der Waals surface area contributed by atoms with E-state index in [0.717, 1.165) is 15.4 Å². The monoisotopic (exact) mass is 483 g/mol. The van der Waals surface area contributed by atoms with Crippen molar-refractivity contribution in [2.24, 2.45) is 5.73 Å². The molecule has 0 aliphatic rings. The highest BCUT2D eigenvalue weighted by Crippen LogP contribution is 2.27. The summed E-state index contributed by atoms with van der Waals surface area (Å²) in [5.74, 6) is 0. The van der Waals surface area contributed by atoms with Crippen LogP contribution >= 0.6 is 71.8 Å². The molecule has 1 nitrogen and oxygen atoms in total. The summed E-state index contributed by atoms with van der Waals surface area (Å²) in [5, 5.41) is 0. The van der Waals surface area contributed by atoms with Crippen LogP contribution in [0.3, 0.4) is 0 Å². The molecule has 1 atom stereocenters. The average Bonchev–Trinajstić information content (AvgIpc) is 1.98. The number of hydrogen-bond donors (Lipinski definition) is 1. The van der Waals surface area contributed by atoms with Crippen LogP contribution in [0.4, 0.5) is 0 Å². The summed E-state index contributed by atoms with van der Waals surface area (Å²) in [6.45, 7) is 0. The summed E-state index contributed by atoms with van der Waals surface area (Å²) in [5.41, 5.74) is 6.83. The van der Waals surface area contributed by atoms with E-state index < -0.39 is 0 Å². The fourth-order valence-corrected chi connectivity index (χ4v) is 2.10. The van der Waals surface area contributed by atoms with Crippen molar-refractivity contribution in [2.45, 2.75) is 11.4 Å². The molecule has 0 aliphatic carbocycles. The first kappa shape index (κ1) is 14.3. The number of rotatable bonds is 2. The molecule has 0 saturated heterocycles. The van der Waals surface area contributed by atoms with Gasteiger partial charge in [0.15, 0.2) is 0 Å². The van der Waals surface area contributed by atoms with E-state index in [4.69, 9.17) is 5.73 Å². The first-order valence-corrected chi connectivity index (χ1v) is 5.94. The minimum atomic E-state index is 0. The van der Waals surface area contributed by atoms with Crippen LogP contribution in [0.2, 0.25) is 0 Å². The van der Waals surface area contributed by atoms with Gasteiger partial charge in [-0.25, -0.2) is 0 Å². The van der Waals surface area contributed by atoms with Crippen LogP contribution in [0.15, 0.2) is 27.1 Å². The molecule has 0 heterocycles. The SMILES string of the molecule is I.NC(Br)Cc1cccc(Br)c1Br. The zero-order valence-electron chi connectivity index (χ0n) is 6.64. The molecule has 0 aliphatic heterocycles. The molecule has 1 unspecified atom stereocenters. The Labute approximate surface area is 120 Å². The van der Waals surface area contributed by atoms with E-state index in [9.17, 15) is 0 Å². The predicted molar refractivity (Wildman–Crippen MR) is 77.9 cm³/mol. The highest BCUT2D eigenvalue weighted by atomic mass is 127. The molecule has 5 heteroatoms. The molecule has 1 aromatic carbocycles. The largest absolute Gasteiger partial charge is 0.319 e. The Kier molecular flexibility index (Phi) is 7.47. The van der Waals surface area contributed by atoms with Crippen molar-refractivity contribution >= 4 is 71.8 Å². The zero-order valence-corrected chi connectivity index (χ0v) is 13.7. The lowest BCUT2D eigenvalue weighted by Gasteiger charge is -2.07. The van der Waals surface area contributed by atoms with Gasteiger partial charge in [-0.3, -0.25) is 0 Å². The topological polar surface area (TPSA) is 26.0 Å². The fraction of sp³-hybridized carbons (Fsp3) is 0.250. The van der Waals surface area contributed by atoms with E-state index in [1.165, 1.54) is 5.56 Å². The van der Waals surface area contributed by atoms with Gasteiger partial charge < -0.3 is 5.73 Å². The summed E-state index contributed by atoms with van der Waals surface area (Å²) in [6.07, 6.45) is 0.819. The van der Waals surface area contributed by atoms with Gasteiger partial charge in [-0.2, -0.15) is 0 Å². The lowest BCUT2D eigenvalue weighted by Crippen LogP contribution is -2.14. The first-order chi connectivity index (χ1) is 5.61. The van der Waals surface area contributed by atoms with Crippen LogP contribution in [0.5, 0.6) is 0 Å². The van der Waals surface area contributed by atoms with Crippen LogP contribution in [0, 0.1) is 0 Å². The molecule has 0 bridgehead atoms. The predicted octanol–water partition coefficient (Wildman–Crippen LogP) is 4.05. The van der Waals surface area contributed by atoms with Crippen molar-refractivity contribution < 1.29 is 0 Å². The van der Waals surface area contributed by atoms with Gasteiger partial charge in [0, 0.05) is 8.95 Å². The number of alkyl halides is 1. The molecule has 13 heavy (non-hydrogen) atoms. The Bertz CT molecular complexity index is 278. The second-order valence-corrected chi connectivity index (χ2v) is 5.26.